The van der Waals surface area contributed by atoms with E-state index in [-0.39, 0.29) is 18.1 Å². The standard InChI is InChI=1S/C26H19ClN6O/c27-19-9-10-20(30-14-19)15-31-26(34)24-25(28)33-22(16-5-2-1-3-6-16)23(32-24)18-8-11-21-17(13-18)7-4-12-29-21/h1-14H,15H2,(H2,28,33)(H,31,34). The second kappa shape index (κ2) is 9.25. The van der Waals surface area contributed by atoms with Crippen LogP contribution in [0.2, 0.25) is 5.02 Å². The second-order valence-electron chi connectivity index (χ2n) is 7.58. The van der Waals surface area contributed by atoms with E-state index >= 15 is 0 Å². The molecule has 0 saturated carbocycles. The Morgan fingerprint density at radius 3 is 2.50 bits per heavy atom. The Labute approximate surface area is 200 Å². The number of benzene rings is 2. The molecule has 0 bridgehead atoms. The molecule has 3 heterocycles. The lowest BCUT2D eigenvalue weighted by molar-refractivity contribution is 0.0946. The van der Waals surface area contributed by atoms with Crippen LogP contribution < -0.4 is 11.1 Å². The van der Waals surface area contributed by atoms with Crippen molar-refractivity contribution in [3.05, 3.63) is 102 Å². The minimum absolute atomic E-state index is 0.0478. The molecule has 166 valence electrons. The van der Waals surface area contributed by atoms with E-state index in [0.29, 0.717) is 22.1 Å². The molecule has 7 nitrogen and oxygen atoms in total. The predicted molar refractivity (Wildman–Crippen MR) is 133 cm³/mol. The third kappa shape index (κ3) is 4.42. The second-order valence-corrected chi connectivity index (χ2v) is 8.02. The van der Waals surface area contributed by atoms with E-state index in [0.717, 1.165) is 22.0 Å². The summed E-state index contributed by atoms with van der Waals surface area (Å²) in [7, 11) is 0. The third-order valence-corrected chi connectivity index (χ3v) is 5.50. The number of amides is 1. The highest BCUT2D eigenvalue weighted by Gasteiger charge is 2.20. The SMILES string of the molecule is Nc1nc(-c2ccccc2)c(-c2ccc3ncccc3c2)nc1C(=O)NCc1ccc(Cl)cn1. The number of nitrogens with two attached hydrogens (primary N) is 1. The zero-order chi connectivity index (χ0) is 23.5. The van der Waals surface area contributed by atoms with Gasteiger partial charge < -0.3 is 11.1 Å². The molecular weight excluding hydrogens is 448 g/mol. The monoisotopic (exact) mass is 466 g/mol. The maximum Gasteiger partial charge on any atom is 0.274 e. The number of nitrogens with one attached hydrogen (secondary N) is 1. The summed E-state index contributed by atoms with van der Waals surface area (Å²) in [5.41, 5.74) is 10.6. The van der Waals surface area contributed by atoms with Gasteiger partial charge in [0.15, 0.2) is 11.5 Å². The van der Waals surface area contributed by atoms with Crippen LogP contribution in [0.25, 0.3) is 33.4 Å². The number of hydrogen-bond acceptors (Lipinski definition) is 6. The zero-order valence-corrected chi connectivity index (χ0v) is 18.7. The van der Waals surface area contributed by atoms with Gasteiger partial charge in [0.1, 0.15) is 0 Å². The van der Waals surface area contributed by atoms with Crippen molar-refractivity contribution in [1.82, 2.24) is 25.3 Å². The van der Waals surface area contributed by atoms with E-state index < -0.39 is 5.91 Å². The van der Waals surface area contributed by atoms with Gasteiger partial charge in [-0.05, 0) is 30.3 Å². The number of carbonyl (C=O) groups excluding carboxylic acids is 1. The molecule has 0 spiro atoms. The minimum atomic E-state index is -0.440. The Morgan fingerprint density at radius 1 is 0.882 bits per heavy atom. The van der Waals surface area contributed by atoms with Crippen molar-refractivity contribution in [3.63, 3.8) is 0 Å². The molecule has 0 aliphatic carbocycles. The molecule has 3 N–H and O–H groups in total. The smallest absolute Gasteiger partial charge is 0.274 e. The highest BCUT2D eigenvalue weighted by molar-refractivity contribution is 6.30. The van der Waals surface area contributed by atoms with E-state index in [1.54, 1.807) is 18.3 Å². The van der Waals surface area contributed by atoms with E-state index in [9.17, 15) is 4.79 Å². The molecule has 0 aliphatic heterocycles. The molecule has 3 aromatic heterocycles. The average molecular weight is 467 g/mol. The van der Waals surface area contributed by atoms with Crippen LogP contribution in [-0.2, 0) is 6.54 Å². The Hall–Kier alpha value is -4.36. The van der Waals surface area contributed by atoms with Gasteiger partial charge in [-0.15, -0.1) is 0 Å². The fourth-order valence-corrected chi connectivity index (χ4v) is 3.71. The molecule has 8 heteroatoms. The first kappa shape index (κ1) is 21.5. The summed E-state index contributed by atoms with van der Waals surface area (Å²) >= 11 is 5.88. The average Bonchev–Trinajstić information content (AvgIpc) is 2.88. The third-order valence-electron chi connectivity index (χ3n) is 5.28. The maximum atomic E-state index is 13.0. The van der Waals surface area contributed by atoms with Crippen molar-refractivity contribution in [2.45, 2.75) is 6.54 Å². The van der Waals surface area contributed by atoms with E-state index in [1.807, 2.05) is 60.7 Å². The number of carbonyl (C=O) groups is 1. The van der Waals surface area contributed by atoms with Crippen LogP contribution >= 0.6 is 11.6 Å². The summed E-state index contributed by atoms with van der Waals surface area (Å²) in [5, 5.41) is 4.29. The van der Waals surface area contributed by atoms with E-state index in [1.165, 1.54) is 6.20 Å². The molecule has 5 rings (SSSR count). The van der Waals surface area contributed by atoms with Crippen LogP contribution in [0.15, 0.2) is 85.2 Å². The Balaban J connectivity index is 1.56. The lowest BCUT2D eigenvalue weighted by Gasteiger charge is -2.13. The normalized spacial score (nSPS) is 10.9. The number of anilines is 1. The topological polar surface area (TPSA) is 107 Å². The van der Waals surface area contributed by atoms with Crippen LogP contribution in [0.1, 0.15) is 16.2 Å². The first-order valence-electron chi connectivity index (χ1n) is 10.6. The van der Waals surface area contributed by atoms with Crippen LogP contribution in [0.5, 0.6) is 0 Å². The van der Waals surface area contributed by atoms with Crippen molar-refractivity contribution >= 4 is 34.2 Å². The highest BCUT2D eigenvalue weighted by Crippen LogP contribution is 2.32. The predicted octanol–water partition coefficient (Wildman–Crippen LogP) is 4.92. The van der Waals surface area contributed by atoms with Crippen LogP contribution in [0.3, 0.4) is 0 Å². The van der Waals surface area contributed by atoms with E-state index in [4.69, 9.17) is 22.3 Å². The van der Waals surface area contributed by atoms with Gasteiger partial charge in [-0.1, -0.05) is 54.1 Å². The quantitative estimate of drug-likeness (QED) is 0.380. The molecule has 34 heavy (non-hydrogen) atoms. The Kier molecular flexibility index (Phi) is 5.84. The molecule has 0 radical (unpaired) electrons. The van der Waals surface area contributed by atoms with Gasteiger partial charge in [0, 0.05) is 28.9 Å². The van der Waals surface area contributed by atoms with Crippen molar-refractivity contribution in [3.8, 4) is 22.5 Å². The minimum Gasteiger partial charge on any atom is -0.382 e. The van der Waals surface area contributed by atoms with Gasteiger partial charge in [-0.3, -0.25) is 14.8 Å². The van der Waals surface area contributed by atoms with Crippen LogP contribution in [0, 0.1) is 0 Å². The summed E-state index contributed by atoms with van der Waals surface area (Å²) in [4.78, 5) is 30.9. The van der Waals surface area contributed by atoms with Crippen molar-refractivity contribution in [1.29, 1.82) is 0 Å². The van der Waals surface area contributed by atoms with Crippen LogP contribution in [-0.4, -0.2) is 25.8 Å². The fourth-order valence-electron chi connectivity index (χ4n) is 3.60. The Morgan fingerprint density at radius 2 is 1.71 bits per heavy atom. The molecule has 5 aromatic rings. The molecule has 0 unspecified atom stereocenters. The van der Waals surface area contributed by atoms with Crippen LogP contribution in [0.4, 0.5) is 5.82 Å². The molecule has 0 aliphatic rings. The molecule has 2 aromatic carbocycles. The number of nitrogen functional groups attached to an aromatic ring is 1. The molecule has 0 atom stereocenters. The summed E-state index contributed by atoms with van der Waals surface area (Å²) in [6.07, 6.45) is 3.27. The summed E-state index contributed by atoms with van der Waals surface area (Å²) in [6.45, 7) is 0.203. The largest absolute Gasteiger partial charge is 0.382 e. The van der Waals surface area contributed by atoms with Gasteiger partial charge in [0.2, 0.25) is 0 Å². The van der Waals surface area contributed by atoms with Gasteiger partial charge in [0.05, 0.1) is 34.2 Å². The fraction of sp³-hybridized carbons (Fsp3) is 0.0385. The number of halogens is 1. The first-order chi connectivity index (χ1) is 16.6. The summed E-state index contributed by atoms with van der Waals surface area (Å²) < 4.78 is 0. The van der Waals surface area contributed by atoms with Gasteiger partial charge in [-0.25, -0.2) is 9.97 Å². The van der Waals surface area contributed by atoms with Gasteiger partial charge in [-0.2, -0.15) is 0 Å². The lowest BCUT2D eigenvalue weighted by Crippen LogP contribution is -2.26. The van der Waals surface area contributed by atoms with E-state index in [2.05, 4.69) is 20.3 Å². The number of fused-ring (bicyclic) bond motifs is 1. The first-order valence-corrected chi connectivity index (χ1v) is 10.9. The number of hydrogen-bond donors (Lipinski definition) is 2. The molecule has 0 saturated heterocycles. The van der Waals surface area contributed by atoms with Gasteiger partial charge >= 0.3 is 0 Å². The molecule has 1 amide bonds. The molecule has 0 fully saturated rings. The molecular formula is C26H19ClN6O. The maximum absolute atomic E-state index is 13.0. The highest BCUT2D eigenvalue weighted by atomic mass is 35.5. The number of rotatable bonds is 5. The summed E-state index contributed by atoms with van der Waals surface area (Å²) in [6, 6.07) is 22.8. The lowest BCUT2D eigenvalue weighted by atomic mass is 10.0. The van der Waals surface area contributed by atoms with Crippen molar-refractivity contribution < 1.29 is 4.79 Å². The zero-order valence-electron chi connectivity index (χ0n) is 17.9. The Bertz CT molecular complexity index is 1490. The summed E-state index contributed by atoms with van der Waals surface area (Å²) in [5.74, 6) is -0.392. The number of aromatic nitrogens is 4. The number of nitrogens with zero attached hydrogens (tertiary/aromatic N) is 4. The van der Waals surface area contributed by atoms with Crippen molar-refractivity contribution in [2.75, 3.05) is 5.73 Å². The number of pyridine rings is 2. The van der Waals surface area contributed by atoms with Crippen molar-refractivity contribution in [2.24, 2.45) is 0 Å². The van der Waals surface area contributed by atoms with Gasteiger partial charge in [0.25, 0.3) is 5.91 Å².